The Morgan fingerprint density at radius 2 is 2.00 bits per heavy atom. The van der Waals surface area contributed by atoms with E-state index < -0.39 is 17.2 Å². The summed E-state index contributed by atoms with van der Waals surface area (Å²) in [5, 5.41) is 13.8. The normalized spacial score (nSPS) is 27.6. The van der Waals surface area contributed by atoms with Gasteiger partial charge in [-0.15, -0.1) is 0 Å². The first-order valence-corrected chi connectivity index (χ1v) is 7.84. The minimum Gasteiger partial charge on any atom is -0.389 e. The van der Waals surface area contributed by atoms with E-state index in [9.17, 15) is 13.9 Å². The van der Waals surface area contributed by atoms with E-state index in [1.54, 1.807) is 0 Å². The number of hydrogen-bond donors (Lipinski definition) is 2. The summed E-state index contributed by atoms with van der Waals surface area (Å²) in [5.74, 6) is -0.395. The Bertz CT molecular complexity index is 470. The summed E-state index contributed by atoms with van der Waals surface area (Å²) in [6.07, 6.45) is 4.84. The third-order valence-electron chi connectivity index (χ3n) is 4.78. The van der Waals surface area contributed by atoms with Crippen LogP contribution in [-0.4, -0.2) is 17.3 Å². The molecule has 0 heterocycles. The summed E-state index contributed by atoms with van der Waals surface area (Å²) in [5.41, 5.74) is -0.265. The third kappa shape index (κ3) is 4.24. The van der Waals surface area contributed by atoms with Crippen LogP contribution < -0.4 is 5.32 Å². The minimum absolute atomic E-state index is 0.251. The van der Waals surface area contributed by atoms with Gasteiger partial charge in [-0.2, -0.15) is 0 Å². The van der Waals surface area contributed by atoms with Gasteiger partial charge in [0, 0.05) is 24.2 Å². The van der Waals surface area contributed by atoms with Crippen molar-refractivity contribution in [3.8, 4) is 0 Å². The van der Waals surface area contributed by atoms with Gasteiger partial charge >= 0.3 is 0 Å². The van der Waals surface area contributed by atoms with E-state index in [0.717, 1.165) is 37.7 Å². The largest absolute Gasteiger partial charge is 0.389 e. The van der Waals surface area contributed by atoms with Gasteiger partial charge in [0.05, 0.1) is 5.60 Å². The summed E-state index contributed by atoms with van der Waals surface area (Å²) in [4.78, 5) is 0. The Morgan fingerprint density at radius 3 is 2.57 bits per heavy atom. The van der Waals surface area contributed by atoms with E-state index in [2.05, 4.69) is 12.2 Å². The van der Waals surface area contributed by atoms with E-state index in [0.29, 0.717) is 12.1 Å². The number of aliphatic hydroxyl groups is 1. The highest BCUT2D eigenvalue weighted by atomic mass is 19.1. The Kier molecular flexibility index (Phi) is 5.33. The highest BCUT2D eigenvalue weighted by Crippen LogP contribution is 2.33. The van der Waals surface area contributed by atoms with Crippen LogP contribution in [0.15, 0.2) is 18.2 Å². The number of halogens is 2. The average Bonchev–Trinajstić information content (AvgIpc) is 2.46. The summed E-state index contributed by atoms with van der Waals surface area (Å²) in [6, 6.07) is 3.37. The van der Waals surface area contributed by atoms with Crippen molar-refractivity contribution in [1.29, 1.82) is 0 Å². The lowest BCUT2D eigenvalue weighted by Crippen LogP contribution is -2.44. The van der Waals surface area contributed by atoms with Crippen LogP contribution in [0.5, 0.6) is 0 Å². The zero-order chi connectivity index (χ0) is 15.5. The Balaban J connectivity index is 1.90. The zero-order valence-electron chi connectivity index (χ0n) is 12.8. The molecule has 1 aromatic carbocycles. The number of nitrogens with one attached hydrogen (secondary N) is 1. The molecule has 1 unspecified atom stereocenters. The molecule has 0 aliphatic heterocycles. The minimum atomic E-state index is -0.698. The number of hydrogen-bond acceptors (Lipinski definition) is 2. The van der Waals surface area contributed by atoms with E-state index in [1.165, 1.54) is 18.6 Å². The van der Waals surface area contributed by atoms with E-state index >= 15 is 0 Å². The molecule has 0 saturated heterocycles. The number of benzene rings is 1. The van der Waals surface area contributed by atoms with Crippen molar-refractivity contribution < 1.29 is 13.9 Å². The molecule has 1 fully saturated rings. The second kappa shape index (κ2) is 6.84. The van der Waals surface area contributed by atoms with Gasteiger partial charge in [0.15, 0.2) is 0 Å². The molecule has 1 aliphatic carbocycles. The summed E-state index contributed by atoms with van der Waals surface area (Å²) >= 11 is 0. The molecule has 2 nitrogen and oxygen atoms in total. The highest BCUT2D eigenvalue weighted by molar-refractivity contribution is 5.21. The molecule has 0 bridgehead atoms. The van der Waals surface area contributed by atoms with E-state index in [-0.39, 0.29) is 6.04 Å². The molecule has 4 heteroatoms. The molecule has 1 aromatic rings. The molecule has 21 heavy (non-hydrogen) atoms. The van der Waals surface area contributed by atoms with Crippen molar-refractivity contribution in [2.75, 3.05) is 6.54 Å². The van der Waals surface area contributed by atoms with Gasteiger partial charge in [-0.25, -0.2) is 8.78 Å². The Labute approximate surface area is 125 Å². The second-order valence-corrected chi connectivity index (χ2v) is 6.34. The second-order valence-electron chi connectivity index (χ2n) is 6.34. The average molecular weight is 297 g/mol. The van der Waals surface area contributed by atoms with Crippen molar-refractivity contribution in [3.05, 3.63) is 35.4 Å². The van der Waals surface area contributed by atoms with Crippen LogP contribution in [0.1, 0.15) is 57.6 Å². The van der Waals surface area contributed by atoms with Gasteiger partial charge in [0.2, 0.25) is 0 Å². The van der Waals surface area contributed by atoms with E-state index in [1.807, 2.05) is 6.92 Å². The van der Waals surface area contributed by atoms with E-state index in [4.69, 9.17) is 0 Å². The molecule has 2 rings (SSSR count). The van der Waals surface area contributed by atoms with Crippen LogP contribution in [0.4, 0.5) is 8.78 Å². The lowest BCUT2D eigenvalue weighted by Gasteiger charge is -2.36. The maximum atomic E-state index is 13.7. The molecule has 0 amide bonds. The van der Waals surface area contributed by atoms with Crippen LogP contribution in [0, 0.1) is 17.6 Å². The van der Waals surface area contributed by atoms with Crippen LogP contribution in [-0.2, 0) is 0 Å². The fraction of sp³-hybridized carbons (Fsp3) is 0.647. The molecular formula is C17H25F2NO. The highest BCUT2D eigenvalue weighted by Gasteiger charge is 2.32. The van der Waals surface area contributed by atoms with Crippen molar-refractivity contribution in [1.82, 2.24) is 5.32 Å². The molecule has 2 N–H and O–H groups in total. The third-order valence-corrected chi connectivity index (χ3v) is 4.78. The monoisotopic (exact) mass is 297 g/mol. The van der Waals surface area contributed by atoms with Crippen LogP contribution in [0.2, 0.25) is 0 Å². The molecular weight excluding hydrogens is 272 g/mol. The van der Waals surface area contributed by atoms with Crippen LogP contribution >= 0.6 is 0 Å². The first-order chi connectivity index (χ1) is 9.93. The van der Waals surface area contributed by atoms with Crippen molar-refractivity contribution in [3.63, 3.8) is 0 Å². The lowest BCUT2D eigenvalue weighted by atomic mass is 9.77. The summed E-state index contributed by atoms with van der Waals surface area (Å²) in [7, 11) is 0. The molecule has 1 aliphatic rings. The molecule has 1 atom stereocenters. The van der Waals surface area contributed by atoms with Crippen molar-refractivity contribution >= 4 is 0 Å². The predicted molar refractivity (Wildman–Crippen MR) is 80.0 cm³/mol. The summed E-state index contributed by atoms with van der Waals surface area (Å²) in [6.45, 7) is 4.46. The molecule has 0 aromatic heterocycles. The first kappa shape index (κ1) is 16.4. The first-order valence-electron chi connectivity index (χ1n) is 7.84. The zero-order valence-corrected chi connectivity index (χ0v) is 12.8. The quantitative estimate of drug-likeness (QED) is 0.862. The molecule has 118 valence electrons. The Morgan fingerprint density at radius 1 is 1.33 bits per heavy atom. The van der Waals surface area contributed by atoms with Crippen molar-refractivity contribution in [2.24, 2.45) is 5.92 Å². The molecule has 0 spiro atoms. The maximum Gasteiger partial charge on any atom is 0.130 e. The Hall–Kier alpha value is -1.00. The van der Waals surface area contributed by atoms with Crippen LogP contribution in [0.25, 0.3) is 0 Å². The smallest absolute Gasteiger partial charge is 0.130 e. The molecule has 1 saturated carbocycles. The van der Waals surface area contributed by atoms with Gasteiger partial charge in [0.25, 0.3) is 0 Å². The number of rotatable bonds is 5. The predicted octanol–water partition coefficient (Wildman–Crippen LogP) is 3.95. The van der Waals surface area contributed by atoms with Crippen molar-refractivity contribution in [2.45, 2.75) is 57.6 Å². The lowest BCUT2D eigenvalue weighted by molar-refractivity contribution is -0.0104. The van der Waals surface area contributed by atoms with Gasteiger partial charge in [-0.05, 0) is 44.6 Å². The summed E-state index contributed by atoms with van der Waals surface area (Å²) < 4.78 is 26.6. The van der Waals surface area contributed by atoms with Gasteiger partial charge in [-0.3, -0.25) is 0 Å². The van der Waals surface area contributed by atoms with Crippen LogP contribution in [0.3, 0.4) is 0 Å². The fourth-order valence-corrected chi connectivity index (χ4v) is 3.11. The molecule has 0 radical (unpaired) electrons. The fourth-order valence-electron chi connectivity index (χ4n) is 3.11. The topological polar surface area (TPSA) is 32.3 Å². The van der Waals surface area contributed by atoms with Gasteiger partial charge in [-0.1, -0.05) is 19.4 Å². The SMILES string of the molecule is CCC1CCC(O)(CNC(C)c2ccc(F)cc2F)CC1. The standard InChI is InChI=1S/C17H25F2NO/c1-3-13-6-8-17(21,9-7-13)11-20-12(2)15-5-4-14(18)10-16(15)19/h4-5,10,12-13,20-21H,3,6-9,11H2,1-2H3. The maximum absolute atomic E-state index is 13.7. The van der Waals surface area contributed by atoms with Gasteiger partial charge < -0.3 is 10.4 Å². The van der Waals surface area contributed by atoms with Gasteiger partial charge in [0.1, 0.15) is 11.6 Å².